The van der Waals surface area contributed by atoms with Gasteiger partial charge in [-0.1, -0.05) is 30.3 Å². The van der Waals surface area contributed by atoms with Crippen LogP contribution in [-0.4, -0.2) is 4.98 Å². The Bertz CT molecular complexity index is 1120. The summed E-state index contributed by atoms with van der Waals surface area (Å²) in [6.07, 6.45) is -2.40. The quantitative estimate of drug-likeness (QED) is 0.389. The first-order valence-corrected chi connectivity index (χ1v) is 8.69. The zero-order valence-corrected chi connectivity index (χ0v) is 15.0. The van der Waals surface area contributed by atoms with Gasteiger partial charge in [-0.3, -0.25) is 0 Å². The van der Waals surface area contributed by atoms with Crippen LogP contribution in [-0.2, 0) is 6.18 Å². The number of nitrogens with one attached hydrogen (secondary N) is 1. The Labute approximate surface area is 155 Å². The van der Waals surface area contributed by atoms with Crippen molar-refractivity contribution in [3.8, 4) is 22.3 Å². The number of fused-ring (bicyclic) bond motifs is 1. The zero-order valence-electron chi connectivity index (χ0n) is 15.0. The average Bonchev–Trinajstić information content (AvgIpc) is 3.10. The highest BCUT2D eigenvalue weighted by Crippen LogP contribution is 2.35. The monoisotopic (exact) mass is 365 g/mol. The molecule has 0 bridgehead atoms. The molecule has 4 aromatic rings. The fraction of sp³-hybridized carbons (Fsp3) is 0.130. The number of hydrogen-bond donors (Lipinski definition) is 1. The minimum Gasteiger partial charge on any atom is -0.361 e. The lowest BCUT2D eigenvalue weighted by Gasteiger charge is -2.14. The van der Waals surface area contributed by atoms with Crippen LogP contribution in [0.2, 0.25) is 0 Å². The van der Waals surface area contributed by atoms with Crippen molar-refractivity contribution in [2.24, 2.45) is 0 Å². The molecule has 0 saturated carbocycles. The fourth-order valence-corrected chi connectivity index (χ4v) is 3.50. The van der Waals surface area contributed by atoms with E-state index in [1.807, 2.05) is 26.1 Å². The van der Waals surface area contributed by atoms with Gasteiger partial charge in [0.15, 0.2) is 0 Å². The maximum Gasteiger partial charge on any atom is 0.416 e. The van der Waals surface area contributed by atoms with E-state index in [0.717, 1.165) is 56.4 Å². The Kier molecular flexibility index (Phi) is 4.06. The van der Waals surface area contributed by atoms with Crippen LogP contribution in [0.4, 0.5) is 13.2 Å². The van der Waals surface area contributed by atoms with E-state index < -0.39 is 11.7 Å². The van der Waals surface area contributed by atoms with Crippen LogP contribution < -0.4 is 0 Å². The number of H-pyrrole nitrogens is 1. The minimum atomic E-state index is -4.32. The standard InChI is InChI=1S/C23H18F3N/c1-14-12-21(17-5-8-22-18(13-17)9-10-27-22)15(2)11-20(14)16-3-6-19(7-4-16)23(24,25)26/h3-13,27H,1-2H3. The molecule has 0 saturated heterocycles. The predicted molar refractivity (Wildman–Crippen MR) is 104 cm³/mol. The van der Waals surface area contributed by atoms with Crippen molar-refractivity contribution in [3.63, 3.8) is 0 Å². The number of aromatic amines is 1. The van der Waals surface area contributed by atoms with Gasteiger partial charge < -0.3 is 4.98 Å². The number of aromatic nitrogens is 1. The van der Waals surface area contributed by atoms with E-state index in [1.54, 1.807) is 0 Å². The zero-order chi connectivity index (χ0) is 19.2. The molecule has 0 amide bonds. The number of benzene rings is 3. The van der Waals surface area contributed by atoms with Gasteiger partial charge in [-0.05, 0) is 82.9 Å². The molecule has 4 heteroatoms. The van der Waals surface area contributed by atoms with Crippen molar-refractivity contribution in [3.05, 3.63) is 83.6 Å². The minimum absolute atomic E-state index is 0.628. The van der Waals surface area contributed by atoms with Gasteiger partial charge >= 0.3 is 6.18 Å². The molecule has 1 heterocycles. The van der Waals surface area contributed by atoms with E-state index >= 15 is 0 Å². The lowest BCUT2D eigenvalue weighted by Crippen LogP contribution is -2.04. The van der Waals surface area contributed by atoms with Crippen LogP contribution in [0.1, 0.15) is 16.7 Å². The molecule has 3 aromatic carbocycles. The first-order valence-electron chi connectivity index (χ1n) is 8.69. The highest BCUT2D eigenvalue weighted by molar-refractivity contribution is 5.86. The van der Waals surface area contributed by atoms with Crippen LogP contribution >= 0.6 is 0 Å². The fourth-order valence-electron chi connectivity index (χ4n) is 3.50. The highest BCUT2D eigenvalue weighted by atomic mass is 19.4. The number of rotatable bonds is 2. The summed E-state index contributed by atoms with van der Waals surface area (Å²) >= 11 is 0. The summed E-state index contributed by atoms with van der Waals surface area (Å²) in [5.41, 5.74) is 6.58. The third kappa shape index (κ3) is 3.23. The Hall–Kier alpha value is -3.01. The van der Waals surface area contributed by atoms with Gasteiger partial charge in [0.1, 0.15) is 0 Å². The van der Waals surface area contributed by atoms with Crippen LogP contribution in [0.25, 0.3) is 33.2 Å². The topological polar surface area (TPSA) is 15.8 Å². The molecule has 1 N–H and O–H groups in total. The Morgan fingerprint density at radius 2 is 1.30 bits per heavy atom. The lowest BCUT2D eigenvalue weighted by molar-refractivity contribution is -0.137. The van der Waals surface area contributed by atoms with Crippen LogP contribution in [0.3, 0.4) is 0 Å². The second-order valence-corrected chi connectivity index (χ2v) is 6.84. The molecular formula is C23H18F3N. The number of halogens is 3. The van der Waals surface area contributed by atoms with Gasteiger partial charge in [0.2, 0.25) is 0 Å². The lowest BCUT2D eigenvalue weighted by atomic mass is 9.91. The van der Waals surface area contributed by atoms with E-state index in [-0.39, 0.29) is 0 Å². The van der Waals surface area contributed by atoms with Crippen molar-refractivity contribution >= 4 is 10.9 Å². The van der Waals surface area contributed by atoms with Crippen molar-refractivity contribution in [1.29, 1.82) is 0 Å². The number of alkyl halides is 3. The van der Waals surface area contributed by atoms with Gasteiger partial charge in [-0.2, -0.15) is 13.2 Å². The summed E-state index contributed by atoms with van der Waals surface area (Å²) in [6.45, 7) is 4.02. The first kappa shape index (κ1) is 17.4. The third-order valence-corrected chi connectivity index (χ3v) is 4.96. The average molecular weight is 365 g/mol. The summed E-state index contributed by atoms with van der Waals surface area (Å²) in [7, 11) is 0. The number of hydrogen-bond acceptors (Lipinski definition) is 0. The Morgan fingerprint density at radius 3 is 1.93 bits per heavy atom. The largest absolute Gasteiger partial charge is 0.416 e. The second kappa shape index (κ2) is 6.31. The molecule has 0 atom stereocenters. The molecule has 1 nitrogen and oxygen atoms in total. The van der Waals surface area contributed by atoms with Gasteiger partial charge in [0, 0.05) is 11.7 Å². The molecule has 4 rings (SSSR count). The molecule has 0 fully saturated rings. The maximum absolute atomic E-state index is 12.8. The van der Waals surface area contributed by atoms with Crippen molar-refractivity contribution in [1.82, 2.24) is 4.98 Å². The summed E-state index contributed by atoms with van der Waals surface area (Å²) in [5, 5.41) is 1.15. The van der Waals surface area contributed by atoms with E-state index in [1.165, 1.54) is 12.1 Å². The summed E-state index contributed by atoms with van der Waals surface area (Å²) in [5.74, 6) is 0. The summed E-state index contributed by atoms with van der Waals surface area (Å²) in [6, 6.07) is 17.8. The predicted octanol–water partition coefficient (Wildman–Crippen LogP) is 7.14. The molecule has 0 aliphatic heterocycles. The number of aryl methyl sites for hydroxylation is 2. The van der Waals surface area contributed by atoms with Gasteiger partial charge in [0.05, 0.1) is 5.56 Å². The Morgan fingerprint density at radius 1 is 0.704 bits per heavy atom. The summed E-state index contributed by atoms with van der Waals surface area (Å²) in [4.78, 5) is 3.19. The van der Waals surface area contributed by atoms with E-state index in [0.29, 0.717) is 0 Å². The van der Waals surface area contributed by atoms with E-state index in [4.69, 9.17) is 0 Å². The molecule has 0 aliphatic carbocycles. The van der Waals surface area contributed by atoms with Crippen molar-refractivity contribution < 1.29 is 13.2 Å². The Balaban J connectivity index is 1.75. The SMILES string of the molecule is Cc1cc(-c2ccc3[nH]ccc3c2)c(C)cc1-c1ccc(C(F)(F)F)cc1. The highest BCUT2D eigenvalue weighted by Gasteiger charge is 2.30. The molecule has 27 heavy (non-hydrogen) atoms. The first-order chi connectivity index (χ1) is 12.8. The molecule has 1 aromatic heterocycles. The normalized spacial score (nSPS) is 11.9. The van der Waals surface area contributed by atoms with Crippen LogP contribution in [0, 0.1) is 13.8 Å². The maximum atomic E-state index is 12.8. The van der Waals surface area contributed by atoms with E-state index in [2.05, 4.69) is 35.3 Å². The molecule has 136 valence electrons. The third-order valence-electron chi connectivity index (χ3n) is 4.96. The van der Waals surface area contributed by atoms with Crippen LogP contribution in [0.15, 0.2) is 66.9 Å². The van der Waals surface area contributed by atoms with E-state index in [9.17, 15) is 13.2 Å². The molecule has 0 aliphatic rings. The van der Waals surface area contributed by atoms with Gasteiger partial charge in [0.25, 0.3) is 0 Å². The van der Waals surface area contributed by atoms with Gasteiger partial charge in [-0.25, -0.2) is 0 Å². The smallest absolute Gasteiger partial charge is 0.361 e. The molecule has 0 spiro atoms. The summed E-state index contributed by atoms with van der Waals surface area (Å²) < 4.78 is 38.4. The van der Waals surface area contributed by atoms with Crippen molar-refractivity contribution in [2.75, 3.05) is 0 Å². The molecular weight excluding hydrogens is 347 g/mol. The molecule has 0 unspecified atom stereocenters. The van der Waals surface area contributed by atoms with Crippen LogP contribution in [0.5, 0.6) is 0 Å². The van der Waals surface area contributed by atoms with Gasteiger partial charge in [-0.15, -0.1) is 0 Å². The second-order valence-electron chi connectivity index (χ2n) is 6.84. The molecule has 0 radical (unpaired) electrons. The van der Waals surface area contributed by atoms with Crippen molar-refractivity contribution in [2.45, 2.75) is 20.0 Å².